The fraction of sp³-hybridized carbons (Fsp3) is 0.609. The molecular weight excluding hydrogens is 382 g/mol. The number of amides is 2. The van der Waals surface area contributed by atoms with Gasteiger partial charge in [0.2, 0.25) is 11.8 Å². The van der Waals surface area contributed by atoms with Gasteiger partial charge in [0.25, 0.3) is 5.91 Å². The molecule has 30 heavy (non-hydrogen) atoms. The summed E-state index contributed by atoms with van der Waals surface area (Å²) in [7, 11) is 1.77. The van der Waals surface area contributed by atoms with Crippen molar-refractivity contribution >= 4 is 17.4 Å². The Kier molecular flexibility index (Phi) is 7.13. The molecule has 0 spiro atoms. The van der Waals surface area contributed by atoms with Crippen LogP contribution in [0.2, 0.25) is 0 Å². The van der Waals surface area contributed by atoms with E-state index in [0.717, 1.165) is 24.8 Å². The molecule has 0 bridgehead atoms. The molecule has 0 fully saturated rings. The molecule has 1 aliphatic heterocycles. The van der Waals surface area contributed by atoms with Gasteiger partial charge in [-0.25, -0.2) is 4.98 Å². The van der Waals surface area contributed by atoms with E-state index in [1.807, 2.05) is 26.8 Å². The van der Waals surface area contributed by atoms with Gasteiger partial charge in [-0.05, 0) is 43.4 Å². The summed E-state index contributed by atoms with van der Waals surface area (Å²) in [5.41, 5.74) is 2.57. The van der Waals surface area contributed by atoms with E-state index in [0.29, 0.717) is 31.0 Å². The Balaban J connectivity index is 1.99. The molecule has 2 amide bonds. The third kappa shape index (κ3) is 4.67. The third-order valence-corrected chi connectivity index (χ3v) is 6.11. The normalized spacial score (nSPS) is 22.5. The third-order valence-electron chi connectivity index (χ3n) is 6.11. The predicted octanol–water partition coefficient (Wildman–Crippen LogP) is 2.74. The highest BCUT2D eigenvalue weighted by Gasteiger charge is 2.34. The first-order valence-corrected chi connectivity index (χ1v) is 10.9. The summed E-state index contributed by atoms with van der Waals surface area (Å²) in [5, 5.41) is 9.74. The van der Waals surface area contributed by atoms with Crippen LogP contribution in [0.5, 0.6) is 5.88 Å². The standard InChI is InChI=1S/C23H33N3O4/c1-5-21(28)25(4)13-20-15(2)12-26(16(3)14-27)23(29)19-10-18(11-24-22(19)30-20)17-8-6-7-9-17/h8,10-11,15-16,20,27H,5-7,9,12-14H2,1-4H3/t15-,16+,20+/m0/s1. The van der Waals surface area contributed by atoms with Crippen molar-refractivity contribution in [2.45, 2.75) is 58.6 Å². The first kappa shape index (κ1) is 22.3. The first-order chi connectivity index (χ1) is 14.3. The molecule has 164 valence electrons. The molecule has 1 aliphatic carbocycles. The predicted molar refractivity (Wildman–Crippen MR) is 115 cm³/mol. The van der Waals surface area contributed by atoms with Crippen molar-refractivity contribution in [3.63, 3.8) is 0 Å². The number of ether oxygens (including phenoxy) is 1. The molecule has 0 radical (unpaired) electrons. The smallest absolute Gasteiger partial charge is 0.259 e. The average molecular weight is 416 g/mol. The van der Waals surface area contributed by atoms with E-state index >= 15 is 0 Å². The van der Waals surface area contributed by atoms with Crippen LogP contribution in [0.15, 0.2) is 18.3 Å². The van der Waals surface area contributed by atoms with Crippen LogP contribution in [0.25, 0.3) is 5.57 Å². The zero-order valence-corrected chi connectivity index (χ0v) is 18.4. The lowest BCUT2D eigenvalue weighted by atomic mass is 9.99. The molecule has 1 aromatic rings. The number of carbonyl (C=O) groups excluding carboxylic acids is 2. The summed E-state index contributed by atoms with van der Waals surface area (Å²) < 4.78 is 6.23. The molecule has 3 rings (SSSR count). The van der Waals surface area contributed by atoms with Gasteiger partial charge in [0.1, 0.15) is 11.7 Å². The molecule has 3 atom stereocenters. The maximum Gasteiger partial charge on any atom is 0.259 e. The highest BCUT2D eigenvalue weighted by atomic mass is 16.5. The van der Waals surface area contributed by atoms with Crippen LogP contribution in [0.3, 0.4) is 0 Å². The molecule has 0 unspecified atom stereocenters. The van der Waals surface area contributed by atoms with Gasteiger partial charge in [0, 0.05) is 32.1 Å². The van der Waals surface area contributed by atoms with Crippen LogP contribution in [-0.2, 0) is 4.79 Å². The second kappa shape index (κ2) is 9.60. The number of likely N-dealkylation sites (N-methyl/N-ethyl adjacent to an activating group) is 1. The summed E-state index contributed by atoms with van der Waals surface area (Å²) in [6.07, 6.45) is 7.22. The van der Waals surface area contributed by atoms with Gasteiger partial charge in [-0.3, -0.25) is 9.59 Å². The molecule has 2 aliphatic rings. The SMILES string of the molecule is CCC(=O)N(C)C[C@H]1Oc2ncc(C3=CCCC3)cc2C(=O)N([C@H](C)CO)C[C@@H]1C. The van der Waals surface area contributed by atoms with E-state index in [4.69, 9.17) is 4.74 Å². The molecule has 0 saturated heterocycles. The second-order valence-corrected chi connectivity index (χ2v) is 8.45. The van der Waals surface area contributed by atoms with E-state index in [1.165, 1.54) is 5.57 Å². The van der Waals surface area contributed by atoms with Crippen LogP contribution in [-0.4, -0.2) is 70.6 Å². The maximum absolute atomic E-state index is 13.4. The van der Waals surface area contributed by atoms with E-state index in [2.05, 4.69) is 11.1 Å². The number of aliphatic hydroxyl groups is 1. The quantitative estimate of drug-likeness (QED) is 0.772. The number of rotatable bonds is 6. The summed E-state index contributed by atoms with van der Waals surface area (Å²) in [4.78, 5) is 33.4. The van der Waals surface area contributed by atoms with Gasteiger partial charge in [0.15, 0.2) is 0 Å². The van der Waals surface area contributed by atoms with Gasteiger partial charge >= 0.3 is 0 Å². The van der Waals surface area contributed by atoms with Gasteiger partial charge in [0.05, 0.1) is 19.2 Å². The Hall–Kier alpha value is -2.41. The number of pyridine rings is 1. The van der Waals surface area contributed by atoms with Gasteiger partial charge in [-0.1, -0.05) is 19.9 Å². The van der Waals surface area contributed by atoms with E-state index in [9.17, 15) is 14.7 Å². The molecule has 0 saturated carbocycles. The Bertz CT molecular complexity index is 823. The first-order valence-electron chi connectivity index (χ1n) is 10.9. The van der Waals surface area contributed by atoms with Crippen LogP contribution in [0, 0.1) is 5.92 Å². The number of aliphatic hydroxyl groups excluding tert-OH is 1. The van der Waals surface area contributed by atoms with E-state index in [1.54, 1.807) is 23.0 Å². The van der Waals surface area contributed by atoms with Crippen molar-refractivity contribution in [2.75, 3.05) is 26.7 Å². The van der Waals surface area contributed by atoms with Crippen molar-refractivity contribution in [1.82, 2.24) is 14.8 Å². The highest BCUT2D eigenvalue weighted by Crippen LogP contribution is 2.32. The molecule has 1 N–H and O–H groups in total. The lowest BCUT2D eigenvalue weighted by Gasteiger charge is -2.37. The minimum atomic E-state index is -0.323. The summed E-state index contributed by atoms with van der Waals surface area (Å²) in [6, 6.07) is 1.54. The second-order valence-electron chi connectivity index (χ2n) is 8.45. The number of carbonyl (C=O) groups is 2. The minimum absolute atomic E-state index is 0.0396. The van der Waals surface area contributed by atoms with Gasteiger partial charge in [-0.2, -0.15) is 0 Å². The summed E-state index contributed by atoms with van der Waals surface area (Å²) in [5.74, 6) is 0.123. The van der Waals surface area contributed by atoms with Crippen LogP contribution in [0.4, 0.5) is 0 Å². The Morgan fingerprint density at radius 2 is 2.23 bits per heavy atom. The fourth-order valence-electron chi connectivity index (χ4n) is 4.07. The number of hydrogen-bond donors (Lipinski definition) is 1. The topological polar surface area (TPSA) is 83.0 Å². The number of aromatic nitrogens is 1. The average Bonchev–Trinajstić information content (AvgIpc) is 3.29. The van der Waals surface area contributed by atoms with Crippen LogP contribution >= 0.6 is 0 Å². The van der Waals surface area contributed by atoms with Crippen molar-refractivity contribution < 1.29 is 19.4 Å². The monoisotopic (exact) mass is 415 g/mol. The molecule has 7 nitrogen and oxygen atoms in total. The summed E-state index contributed by atoms with van der Waals surface area (Å²) >= 11 is 0. The number of fused-ring (bicyclic) bond motifs is 1. The lowest BCUT2D eigenvalue weighted by Crippen LogP contribution is -2.50. The lowest BCUT2D eigenvalue weighted by molar-refractivity contribution is -0.131. The van der Waals surface area contributed by atoms with Crippen molar-refractivity contribution in [3.05, 3.63) is 29.5 Å². The Morgan fingerprint density at radius 1 is 1.47 bits per heavy atom. The number of nitrogens with zero attached hydrogens (tertiary/aromatic N) is 3. The molecule has 7 heteroatoms. The van der Waals surface area contributed by atoms with E-state index < -0.39 is 0 Å². The molecular formula is C23H33N3O4. The van der Waals surface area contributed by atoms with Crippen LogP contribution < -0.4 is 4.74 Å². The summed E-state index contributed by atoms with van der Waals surface area (Å²) in [6.45, 7) is 6.41. The molecule has 0 aromatic carbocycles. The molecule has 1 aromatic heterocycles. The van der Waals surface area contributed by atoms with Crippen molar-refractivity contribution in [1.29, 1.82) is 0 Å². The maximum atomic E-state index is 13.4. The van der Waals surface area contributed by atoms with Gasteiger partial charge in [-0.15, -0.1) is 0 Å². The Morgan fingerprint density at radius 3 is 2.87 bits per heavy atom. The molecule has 2 heterocycles. The van der Waals surface area contributed by atoms with Crippen LogP contribution in [0.1, 0.15) is 62.4 Å². The van der Waals surface area contributed by atoms with Gasteiger partial charge < -0.3 is 19.6 Å². The van der Waals surface area contributed by atoms with E-state index in [-0.39, 0.29) is 36.5 Å². The largest absolute Gasteiger partial charge is 0.472 e. The Labute approximate surface area is 178 Å². The number of hydrogen-bond acceptors (Lipinski definition) is 5. The van der Waals surface area contributed by atoms with Crippen molar-refractivity contribution in [3.8, 4) is 5.88 Å². The zero-order valence-electron chi connectivity index (χ0n) is 18.4. The number of allylic oxidation sites excluding steroid dienone is 2. The fourth-order valence-corrected chi connectivity index (χ4v) is 4.07. The van der Waals surface area contributed by atoms with Crippen molar-refractivity contribution in [2.24, 2.45) is 5.92 Å². The minimum Gasteiger partial charge on any atom is -0.472 e. The zero-order chi connectivity index (χ0) is 21.8. The highest BCUT2D eigenvalue weighted by molar-refractivity contribution is 5.97.